The van der Waals surface area contributed by atoms with Gasteiger partial charge in [0.05, 0.1) is 6.42 Å². The van der Waals surface area contributed by atoms with Crippen LogP contribution in [0.25, 0.3) is 11.0 Å². The molecule has 6 heteroatoms. The second-order valence-electron chi connectivity index (χ2n) is 5.37. The zero-order chi connectivity index (χ0) is 14.1. The summed E-state index contributed by atoms with van der Waals surface area (Å²) in [6.45, 7) is 2.03. The lowest BCUT2D eigenvalue weighted by atomic mass is 9.98. The van der Waals surface area contributed by atoms with Crippen molar-refractivity contribution in [2.45, 2.75) is 25.2 Å². The van der Waals surface area contributed by atoms with Gasteiger partial charge in [0.25, 0.3) is 0 Å². The van der Waals surface area contributed by atoms with Crippen LogP contribution < -0.4 is 5.32 Å². The molecule has 6 nitrogen and oxygen atoms in total. The van der Waals surface area contributed by atoms with Gasteiger partial charge in [-0.2, -0.15) is 4.98 Å². The normalized spacial score (nSPS) is 16.6. The molecule has 0 atom stereocenters. The molecule has 0 spiro atoms. The molecule has 1 saturated heterocycles. The SMILES string of the molecule is c1ccc2c(Cc3nc(C4CCNCC4)no3)noc2c1. The van der Waals surface area contributed by atoms with Gasteiger partial charge < -0.3 is 14.4 Å². The monoisotopic (exact) mass is 284 g/mol. The Morgan fingerprint density at radius 1 is 1.10 bits per heavy atom. The van der Waals surface area contributed by atoms with Crippen LogP contribution in [0.2, 0.25) is 0 Å². The first kappa shape index (κ1) is 12.5. The van der Waals surface area contributed by atoms with Crippen molar-refractivity contribution in [3.63, 3.8) is 0 Å². The Balaban J connectivity index is 1.56. The minimum Gasteiger partial charge on any atom is -0.356 e. The average molecular weight is 284 g/mol. The molecule has 0 saturated carbocycles. The van der Waals surface area contributed by atoms with E-state index >= 15 is 0 Å². The van der Waals surface area contributed by atoms with Gasteiger partial charge in [-0.25, -0.2) is 0 Å². The molecule has 3 aromatic rings. The van der Waals surface area contributed by atoms with E-state index in [9.17, 15) is 0 Å². The van der Waals surface area contributed by atoms with Crippen LogP contribution in [0.15, 0.2) is 33.3 Å². The van der Waals surface area contributed by atoms with Crippen molar-refractivity contribution in [3.8, 4) is 0 Å². The minimum absolute atomic E-state index is 0.401. The molecule has 0 aliphatic carbocycles. The van der Waals surface area contributed by atoms with Crippen LogP contribution >= 0.6 is 0 Å². The van der Waals surface area contributed by atoms with Gasteiger partial charge >= 0.3 is 0 Å². The van der Waals surface area contributed by atoms with Gasteiger partial charge in [0.15, 0.2) is 11.4 Å². The fourth-order valence-corrected chi connectivity index (χ4v) is 2.79. The second kappa shape index (κ2) is 5.29. The minimum atomic E-state index is 0.401. The van der Waals surface area contributed by atoms with Crippen LogP contribution in [-0.4, -0.2) is 28.4 Å². The van der Waals surface area contributed by atoms with Crippen LogP contribution in [0, 0.1) is 0 Å². The number of aromatic nitrogens is 3. The summed E-state index contributed by atoms with van der Waals surface area (Å²) in [6, 6.07) is 7.79. The molecule has 0 bridgehead atoms. The van der Waals surface area contributed by atoms with Crippen molar-refractivity contribution < 1.29 is 9.05 Å². The van der Waals surface area contributed by atoms with Crippen molar-refractivity contribution in [2.75, 3.05) is 13.1 Å². The van der Waals surface area contributed by atoms with Gasteiger partial charge in [-0.05, 0) is 38.1 Å². The third kappa shape index (κ3) is 2.42. The zero-order valence-corrected chi connectivity index (χ0v) is 11.6. The third-order valence-corrected chi connectivity index (χ3v) is 3.96. The molecule has 0 radical (unpaired) electrons. The highest BCUT2D eigenvalue weighted by Gasteiger charge is 2.21. The van der Waals surface area contributed by atoms with E-state index in [2.05, 4.69) is 20.6 Å². The summed E-state index contributed by atoms with van der Waals surface area (Å²) in [6.07, 6.45) is 2.63. The topological polar surface area (TPSA) is 77.0 Å². The van der Waals surface area contributed by atoms with Crippen LogP contribution in [0.4, 0.5) is 0 Å². The average Bonchev–Trinajstić information content (AvgIpc) is 3.17. The summed E-state index contributed by atoms with van der Waals surface area (Å²) < 4.78 is 10.7. The number of piperidine rings is 1. The van der Waals surface area contributed by atoms with E-state index in [1.54, 1.807) is 0 Å². The van der Waals surface area contributed by atoms with Crippen molar-refractivity contribution in [2.24, 2.45) is 0 Å². The van der Waals surface area contributed by atoms with Crippen LogP contribution in [0.1, 0.15) is 36.2 Å². The lowest BCUT2D eigenvalue weighted by molar-refractivity contribution is 0.362. The second-order valence-corrected chi connectivity index (χ2v) is 5.37. The van der Waals surface area contributed by atoms with Gasteiger partial charge in [-0.1, -0.05) is 22.4 Å². The molecular weight excluding hydrogens is 268 g/mol. The predicted molar refractivity (Wildman–Crippen MR) is 76.0 cm³/mol. The van der Waals surface area contributed by atoms with Crippen molar-refractivity contribution in [1.29, 1.82) is 0 Å². The van der Waals surface area contributed by atoms with Gasteiger partial charge in [-0.3, -0.25) is 0 Å². The van der Waals surface area contributed by atoms with Crippen molar-refractivity contribution in [3.05, 3.63) is 41.7 Å². The van der Waals surface area contributed by atoms with E-state index in [1.165, 1.54) is 0 Å². The van der Waals surface area contributed by atoms with Crippen LogP contribution in [-0.2, 0) is 6.42 Å². The largest absolute Gasteiger partial charge is 0.356 e. The molecule has 1 aliphatic heterocycles. The molecule has 4 rings (SSSR count). The summed E-state index contributed by atoms with van der Waals surface area (Å²) in [5.74, 6) is 1.82. The summed E-state index contributed by atoms with van der Waals surface area (Å²) >= 11 is 0. The van der Waals surface area contributed by atoms with Crippen molar-refractivity contribution in [1.82, 2.24) is 20.6 Å². The molecule has 21 heavy (non-hydrogen) atoms. The van der Waals surface area contributed by atoms with E-state index in [-0.39, 0.29) is 0 Å². The summed E-state index contributed by atoms with van der Waals surface area (Å²) in [4.78, 5) is 4.53. The van der Waals surface area contributed by atoms with E-state index < -0.39 is 0 Å². The number of nitrogens with zero attached hydrogens (tertiary/aromatic N) is 3. The fraction of sp³-hybridized carbons (Fsp3) is 0.400. The maximum atomic E-state index is 5.38. The summed E-state index contributed by atoms with van der Waals surface area (Å²) in [5.41, 5.74) is 1.62. The first-order valence-corrected chi connectivity index (χ1v) is 7.26. The van der Waals surface area contributed by atoms with E-state index in [0.29, 0.717) is 18.2 Å². The standard InChI is InChI=1S/C15H16N4O2/c1-2-4-13-11(3-1)12(18-20-13)9-14-17-15(19-21-14)10-5-7-16-8-6-10/h1-4,10,16H,5-9H2. The quantitative estimate of drug-likeness (QED) is 0.795. The first-order chi connectivity index (χ1) is 10.4. The number of nitrogens with one attached hydrogen (secondary N) is 1. The fourth-order valence-electron chi connectivity index (χ4n) is 2.79. The first-order valence-electron chi connectivity index (χ1n) is 7.26. The number of para-hydroxylation sites is 1. The molecule has 108 valence electrons. The third-order valence-electron chi connectivity index (χ3n) is 3.96. The Labute approximate surface area is 121 Å². The van der Waals surface area contributed by atoms with E-state index in [4.69, 9.17) is 9.05 Å². The molecule has 3 heterocycles. The number of hydrogen-bond acceptors (Lipinski definition) is 6. The van der Waals surface area contributed by atoms with Crippen LogP contribution in [0.5, 0.6) is 0 Å². The highest BCUT2D eigenvalue weighted by atomic mass is 16.5. The zero-order valence-electron chi connectivity index (χ0n) is 11.6. The Kier molecular flexibility index (Phi) is 3.16. The summed E-state index contributed by atoms with van der Waals surface area (Å²) in [5, 5.41) is 12.6. The van der Waals surface area contributed by atoms with Gasteiger partial charge in [-0.15, -0.1) is 0 Å². The Morgan fingerprint density at radius 2 is 1.95 bits per heavy atom. The van der Waals surface area contributed by atoms with Gasteiger partial charge in [0.1, 0.15) is 5.69 Å². The number of benzene rings is 1. The van der Waals surface area contributed by atoms with Gasteiger partial charge in [0.2, 0.25) is 5.89 Å². The molecule has 1 aliphatic rings. The maximum Gasteiger partial charge on any atom is 0.232 e. The molecule has 2 aromatic heterocycles. The van der Waals surface area contributed by atoms with E-state index in [0.717, 1.165) is 48.4 Å². The van der Waals surface area contributed by atoms with Crippen molar-refractivity contribution >= 4 is 11.0 Å². The predicted octanol–water partition coefficient (Wildman–Crippen LogP) is 2.27. The Morgan fingerprint density at radius 3 is 2.86 bits per heavy atom. The van der Waals surface area contributed by atoms with E-state index in [1.807, 2.05) is 24.3 Å². The lowest BCUT2D eigenvalue weighted by Crippen LogP contribution is -2.27. The number of rotatable bonds is 3. The molecule has 1 aromatic carbocycles. The van der Waals surface area contributed by atoms with Crippen LogP contribution in [0.3, 0.4) is 0 Å². The van der Waals surface area contributed by atoms with Gasteiger partial charge in [0, 0.05) is 11.3 Å². The molecule has 1 fully saturated rings. The number of fused-ring (bicyclic) bond motifs is 1. The summed E-state index contributed by atoms with van der Waals surface area (Å²) in [7, 11) is 0. The molecule has 0 amide bonds. The smallest absolute Gasteiger partial charge is 0.232 e. The molecular formula is C15H16N4O2. The Hall–Kier alpha value is -2.21. The highest BCUT2D eigenvalue weighted by Crippen LogP contribution is 2.24. The highest BCUT2D eigenvalue weighted by molar-refractivity contribution is 5.79. The maximum absolute atomic E-state index is 5.38. The number of hydrogen-bond donors (Lipinski definition) is 1. The Bertz CT molecular complexity index is 743. The molecule has 0 unspecified atom stereocenters. The molecule has 1 N–H and O–H groups in total. The lowest BCUT2D eigenvalue weighted by Gasteiger charge is -2.18.